The van der Waals surface area contributed by atoms with E-state index in [1.807, 2.05) is 6.92 Å². The van der Waals surface area contributed by atoms with Crippen LogP contribution in [0.15, 0.2) is 54.6 Å². The van der Waals surface area contributed by atoms with Gasteiger partial charge in [-0.2, -0.15) is 0 Å². The van der Waals surface area contributed by atoms with Gasteiger partial charge in [-0.1, -0.05) is 73.8 Å². The molecule has 19 heavy (non-hydrogen) atoms. The van der Waals surface area contributed by atoms with Gasteiger partial charge in [-0.15, -0.1) is 0 Å². The Morgan fingerprint density at radius 1 is 1.26 bits per heavy atom. The van der Waals surface area contributed by atoms with Gasteiger partial charge in [0.15, 0.2) is 0 Å². The summed E-state index contributed by atoms with van der Waals surface area (Å²) in [4.78, 5) is 0. The topological polar surface area (TPSA) is 0 Å². The van der Waals surface area contributed by atoms with E-state index >= 15 is 0 Å². The standard InChI is InChI=1S/C12H16Si.C5H8.Ti/c1-9-8-10-6-4-5-7-11(10)12(9)13(2)3;1-4-5(2)3;/h4-8,12-13H,1-3H3;4H,1-2H2,3H3;/q;;+4. The number of hydrogen-bond donors (Lipinski definition) is 0. The molecular formula is C17H24SiTi+4. The molecule has 0 nitrogen and oxygen atoms in total. The maximum Gasteiger partial charge on any atom is 4.00 e. The summed E-state index contributed by atoms with van der Waals surface area (Å²) in [7, 11) is -0.586. The predicted octanol–water partition coefficient (Wildman–Crippen LogP) is 4.96. The maximum absolute atomic E-state index is 3.56. The minimum absolute atomic E-state index is 0. The monoisotopic (exact) mass is 304 g/mol. The molecule has 0 spiro atoms. The Bertz CT molecular complexity index is 472. The molecule has 0 amide bonds. The first-order valence-corrected chi connectivity index (χ1v) is 9.50. The fourth-order valence-corrected chi connectivity index (χ4v) is 4.56. The van der Waals surface area contributed by atoms with Gasteiger partial charge >= 0.3 is 21.7 Å². The summed E-state index contributed by atoms with van der Waals surface area (Å²) in [6.07, 6.45) is 4.08. The van der Waals surface area contributed by atoms with Crippen LogP contribution in [0.2, 0.25) is 13.1 Å². The molecule has 0 fully saturated rings. The van der Waals surface area contributed by atoms with Crippen LogP contribution in [0, 0.1) is 0 Å². The van der Waals surface area contributed by atoms with Crippen molar-refractivity contribution < 1.29 is 21.7 Å². The van der Waals surface area contributed by atoms with Crippen LogP contribution in [0.5, 0.6) is 0 Å². The SMILES string of the molecule is C=CC(=C)C.CC1=Cc2ccccc2C1[SiH](C)C.[Ti+4]. The summed E-state index contributed by atoms with van der Waals surface area (Å²) in [6.45, 7) is 16.1. The van der Waals surface area contributed by atoms with Crippen molar-refractivity contribution in [3.05, 3.63) is 65.8 Å². The van der Waals surface area contributed by atoms with Gasteiger partial charge < -0.3 is 0 Å². The Hall–Kier alpha value is -0.629. The molecule has 0 N–H and O–H groups in total. The molecule has 0 saturated carbocycles. The first-order valence-electron chi connectivity index (χ1n) is 6.52. The van der Waals surface area contributed by atoms with Crippen molar-refractivity contribution in [3.8, 4) is 0 Å². The van der Waals surface area contributed by atoms with Gasteiger partial charge in [-0.05, 0) is 30.5 Å². The number of hydrogen-bond acceptors (Lipinski definition) is 0. The molecule has 1 unspecified atom stereocenters. The van der Waals surface area contributed by atoms with Gasteiger partial charge in [0.1, 0.15) is 0 Å². The zero-order valence-electron chi connectivity index (χ0n) is 12.5. The molecule has 0 heterocycles. The van der Waals surface area contributed by atoms with Crippen molar-refractivity contribution in [2.75, 3.05) is 0 Å². The summed E-state index contributed by atoms with van der Waals surface area (Å²) in [6, 6.07) is 8.82. The Kier molecular flexibility index (Phi) is 8.24. The quantitative estimate of drug-likeness (QED) is 0.535. The third-order valence-corrected chi connectivity index (χ3v) is 5.44. The second-order valence-electron chi connectivity index (χ2n) is 5.29. The van der Waals surface area contributed by atoms with Crippen LogP contribution in [-0.2, 0) is 21.7 Å². The molecule has 0 bridgehead atoms. The molecule has 1 atom stereocenters. The Morgan fingerprint density at radius 2 is 1.79 bits per heavy atom. The third kappa shape index (κ3) is 5.10. The minimum atomic E-state index is -0.586. The van der Waals surface area contributed by atoms with E-state index < -0.39 is 8.80 Å². The first-order chi connectivity index (χ1) is 8.47. The van der Waals surface area contributed by atoms with Crippen LogP contribution in [-0.4, -0.2) is 8.80 Å². The minimum Gasteiger partial charge on any atom is -0.0988 e. The first kappa shape index (κ1) is 18.4. The molecule has 1 aliphatic carbocycles. The van der Waals surface area contributed by atoms with Crippen molar-refractivity contribution in [2.24, 2.45) is 0 Å². The summed E-state index contributed by atoms with van der Waals surface area (Å²) < 4.78 is 0. The van der Waals surface area contributed by atoms with Gasteiger partial charge in [0.2, 0.25) is 0 Å². The molecule has 0 radical (unpaired) electrons. The van der Waals surface area contributed by atoms with E-state index in [0.717, 1.165) is 11.1 Å². The zero-order valence-corrected chi connectivity index (χ0v) is 15.2. The second-order valence-corrected chi connectivity index (χ2v) is 8.44. The summed E-state index contributed by atoms with van der Waals surface area (Å²) in [5, 5.41) is 0. The fraction of sp³-hybridized carbons (Fsp3) is 0.294. The van der Waals surface area contributed by atoms with E-state index in [1.54, 1.807) is 17.2 Å². The zero-order chi connectivity index (χ0) is 13.7. The van der Waals surface area contributed by atoms with E-state index in [-0.39, 0.29) is 21.7 Å². The van der Waals surface area contributed by atoms with E-state index in [1.165, 1.54) is 5.56 Å². The van der Waals surface area contributed by atoms with Crippen molar-refractivity contribution in [1.29, 1.82) is 0 Å². The normalized spacial score (nSPS) is 15.6. The Morgan fingerprint density at radius 3 is 2.26 bits per heavy atom. The van der Waals surface area contributed by atoms with Gasteiger partial charge in [-0.3, -0.25) is 0 Å². The third-order valence-electron chi connectivity index (χ3n) is 3.22. The average molecular weight is 304 g/mol. The molecule has 2 rings (SSSR count). The van der Waals surface area contributed by atoms with Crippen LogP contribution in [0.4, 0.5) is 0 Å². The van der Waals surface area contributed by atoms with Crippen molar-refractivity contribution in [2.45, 2.75) is 32.5 Å². The fourth-order valence-electron chi connectivity index (χ4n) is 2.39. The van der Waals surface area contributed by atoms with Crippen molar-refractivity contribution >= 4 is 14.9 Å². The van der Waals surface area contributed by atoms with Crippen LogP contribution in [0.1, 0.15) is 30.5 Å². The molecule has 96 valence electrons. The van der Waals surface area contributed by atoms with Crippen LogP contribution in [0.3, 0.4) is 0 Å². The predicted molar refractivity (Wildman–Crippen MR) is 86.7 cm³/mol. The Labute approximate surface area is 134 Å². The number of fused-ring (bicyclic) bond motifs is 1. The molecule has 1 aliphatic rings. The summed E-state index contributed by atoms with van der Waals surface area (Å²) >= 11 is 0. The number of benzene rings is 1. The molecular weight excluding hydrogens is 280 g/mol. The van der Waals surface area contributed by atoms with Gasteiger partial charge in [-0.25, -0.2) is 0 Å². The van der Waals surface area contributed by atoms with Gasteiger partial charge in [0, 0.05) is 8.80 Å². The largest absolute Gasteiger partial charge is 4.00 e. The van der Waals surface area contributed by atoms with Crippen molar-refractivity contribution in [1.82, 2.24) is 0 Å². The molecule has 0 saturated heterocycles. The van der Waals surface area contributed by atoms with Crippen molar-refractivity contribution in [3.63, 3.8) is 0 Å². The van der Waals surface area contributed by atoms with E-state index in [0.29, 0.717) is 0 Å². The van der Waals surface area contributed by atoms with Crippen LogP contribution >= 0.6 is 0 Å². The van der Waals surface area contributed by atoms with Crippen LogP contribution < -0.4 is 0 Å². The molecule has 1 aromatic rings. The van der Waals surface area contributed by atoms with E-state index in [2.05, 4.69) is 63.5 Å². The van der Waals surface area contributed by atoms with E-state index in [4.69, 9.17) is 0 Å². The maximum atomic E-state index is 3.56. The number of allylic oxidation sites excluding steroid dienone is 3. The number of rotatable bonds is 2. The average Bonchev–Trinajstić information content (AvgIpc) is 2.65. The summed E-state index contributed by atoms with van der Waals surface area (Å²) in [5.41, 5.74) is 6.40. The van der Waals surface area contributed by atoms with E-state index in [9.17, 15) is 0 Å². The molecule has 1 aromatic carbocycles. The Balaban J connectivity index is 0.000000471. The molecule has 2 heteroatoms. The molecule has 0 aromatic heterocycles. The van der Waals surface area contributed by atoms with Crippen LogP contribution in [0.25, 0.3) is 6.08 Å². The summed E-state index contributed by atoms with van der Waals surface area (Å²) in [5.74, 6) is 0. The molecule has 0 aliphatic heterocycles. The smallest absolute Gasteiger partial charge is 0.0988 e. The van der Waals surface area contributed by atoms with Gasteiger partial charge in [0.25, 0.3) is 0 Å². The second kappa shape index (κ2) is 8.52. The van der Waals surface area contributed by atoms with Gasteiger partial charge in [0.05, 0.1) is 0 Å².